The third-order valence-corrected chi connectivity index (χ3v) is 21.5. The first-order chi connectivity index (χ1) is 30.1. The second-order valence-corrected chi connectivity index (χ2v) is 25.6. The van der Waals surface area contributed by atoms with Crippen LogP contribution in [0.1, 0.15) is 99.9 Å². The van der Waals surface area contributed by atoms with E-state index in [4.69, 9.17) is 0 Å². The van der Waals surface area contributed by atoms with Gasteiger partial charge in [-0.05, 0) is 147 Å². The van der Waals surface area contributed by atoms with Gasteiger partial charge in [-0.3, -0.25) is 0 Å². The first kappa shape index (κ1) is 52.5. The monoisotopic (exact) mass is 970 g/mol. The third-order valence-electron chi connectivity index (χ3n) is 12.5. The Hall–Kier alpha value is -3.48. The van der Waals surface area contributed by atoms with Crippen molar-refractivity contribution in [2.45, 2.75) is 148 Å². The van der Waals surface area contributed by atoms with Gasteiger partial charge in [0.2, 0.25) is 40.1 Å². The summed E-state index contributed by atoms with van der Waals surface area (Å²) < 4.78 is 123. The molecular weight excluding hydrogens is 901 g/mol. The zero-order valence-corrected chi connectivity index (χ0v) is 44.1. The normalized spacial score (nSPS) is 16.1. The molecule has 1 saturated carbocycles. The van der Waals surface area contributed by atoms with E-state index in [9.17, 15) is 16.8 Å². The van der Waals surface area contributed by atoms with Crippen LogP contribution in [0.15, 0.2) is 68.1 Å². The molecule has 1 aliphatic rings. The lowest BCUT2D eigenvalue weighted by atomic mass is 10.1. The maximum atomic E-state index is 15.1. The van der Waals surface area contributed by atoms with E-state index < -0.39 is 52.2 Å². The molecule has 5 rings (SSSR count). The van der Waals surface area contributed by atoms with Gasteiger partial charge in [-0.15, -0.1) is 0 Å². The van der Waals surface area contributed by atoms with Crippen molar-refractivity contribution in [1.82, 2.24) is 17.2 Å². The Bertz CT molecular complexity index is 2630. The summed E-state index contributed by atoms with van der Waals surface area (Å²) >= 11 is 0. The third kappa shape index (κ3) is 10.8. The largest absolute Gasteiger partial charge is 0.243 e. The Balaban J connectivity index is 1.54. The summed E-state index contributed by atoms with van der Waals surface area (Å²) in [6.07, 6.45) is 0.489. The number of aryl methyl sites for hydroxylation is 12. The zero-order chi connectivity index (χ0) is 48.7. The summed E-state index contributed by atoms with van der Waals surface area (Å²) in [4.78, 5) is 0.766. The highest BCUT2D eigenvalue weighted by Crippen LogP contribution is 2.42. The molecule has 0 spiro atoms. The average molecular weight is 971 g/mol. The predicted molar refractivity (Wildman–Crippen MR) is 261 cm³/mol. The lowest BCUT2D eigenvalue weighted by Crippen LogP contribution is -2.44. The Morgan fingerprint density at radius 1 is 0.369 bits per heavy atom. The molecule has 0 aliphatic heterocycles. The minimum absolute atomic E-state index is 0.0336. The van der Waals surface area contributed by atoms with Crippen LogP contribution in [0, 0.1) is 83.1 Å². The predicted octanol–water partition coefficient (Wildman–Crippen LogP) is 8.41. The average Bonchev–Trinajstić information content (AvgIpc) is 3.91. The van der Waals surface area contributed by atoms with Gasteiger partial charge < -0.3 is 0 Å². The molecule has 0 saturated heterocycles. The van der Waals surface area contributed by atoms with E-state index >= 15 is 16.8 Å². The van der Waals surface area contributed by atoms with Crippen molar-refractivity contribution in [2.75, 3.05) is 39.3 Å². The minimum atomic E-state index is -4.27. The number of rotatable bonds is 20. The quantitative estimate of drug-likeness (QED) is 0.0858. The number of nitrogens with zero attached hydrogens (tertiary/aromatic N) is 4. The van der Waals surface area contributed by atoms with Crippen LogP contribution < -0.4 is 0 Å². The Morgan fingerprint density at radius 3 is 0.800 bits per heavy atom. The second-order valence-electron chi connectivity index (χ2n) is 18.2. The second kappa shape index (κ2) is 20.0. The van der Waals surface area contributed by atoms with Gasteiger partial charge in [-0.1, -0.05) is 84.6 Å². The highest BCUT2D eigenvalue weighted by atomic mass is 32.2. The molecule has 0 radical (unpaired) electrons. The lowest BCUT2D eigenvalue weighted by Gasteiger charge is -2.30. The van der Waals surface area contributed by atoms with E-state index in [1.165, 1.54) is 17.2 Å². The summed E-state index contributed by atoms with van der Waals surface area (Å²) in [5.41, 5.74) is 8.48. The van der Waals surface area contributed by atoms with E-state index in [0.29, 0.717) is 44.5 Å². The van der Waals surface area contributed by atoms with Crippen molar-refractivity contribution >= 4 is 40.1 Å². The van der Waals surface area contributed by atoms with E-state index in [1.807, 2.05) is 76.2 Å². The first-order valence-electron chi connectivity index (χ1n) is 22.5. The van der Waals surface area contributed by atoms with Crippen LogP contribution in [-0.2, 0) is 40.1 Å². The standard InChI is InChI=1S/C49H70N4O8S4/c1-15-50(62(54,55)46-36(7)23-32(3)24-37(46)8)19-17-21-52(64(58,59)48-40(11)27-34(5)28-41(48)12)44-31-45(44)53(65(60,61)49-42(13)29-35(6)30-43(49)14)22-18-20-51(16-2)63(56,57)47-38(9)25-33(4)26-39(47)10/h23-30,44-45H,15-22,31H2,1-14H3/t44-,45+. The summed E-state index contributed by atoms with van der Waals surface area (Å²) in [7, 11) is -16.4. The molecule has 12 nitrogen and oxygen atoms in total. The number of hydrogen-bond acceptors (Lipinski definition) is 8. The first-order valence-corrected chi connectivity index (χ1v) is 28.2. The molecular formula is C49H70N4O8S4. The van der Waals surface area contributed by atoms with Crippen molar-refractivity contribution in [3.63, 3.8) is 0 Å². The Labute approximate surface area is 391 Å². The molecule has 4 aromatic carbocycles. The molecule has 0 unspecified atom stereocenters. The van der Waals surface area contributed by atoms with Gasteiger partial charge in [-0.2, -0.15) is 17.2 Å². The molecule has 2 atom stereocenters. The van der Waals surface area contributed by atoms with Crippen molar-refractivity contribution in [3.8, 4) is 0 Å². The van der Waals surface area contributed by atoms with Gasteiger partial charge >= 0.3 is 0 Å². The highest BCUT2D eigenvalue weighted by Gasteiger charge is 2.54. The number of sulfonamides is 4. The molecule has 358 valence electrons. The maximum Gasteiger partial charge on any atom is 0.243 e. The molecule has 1 fully saturated rings. The molecule has 0 N–H and O–H groups in total. The topological polar surface area (TPSA) is 150 Å². The summed E-state index contributed by atoms with van der Waals surface area (Å²) in [5.74, 6) is 0. The fourth-order valence-electron chi connectivity index (χ4n) is 10.2. The molecule has 65 heavy (non-hydrogen) atoms. The zero-order valence-electron chi connectivity index (χ0n) is 40.8. The highest BCUT2D eigenvalue weighted by molar-refractivity contribution is 7.90. The van der Waals surface area contributed by atoms with Crippen molar-refractivity contribution < 1.29 is 33.7 Å². The van der Waals surface area contributed by atoms with Crippen LogP contribution in [0.3, 0.4) is 0 Å². The van der Waals surface area contributed by atoms with E-state index in [2.05, 4.69) is 0 Å². The number of benzene rings is 4. The van der Waals surface area contributed by atoms with Gasteiger partial charge in [0.1, 0.15) is 0 Å². The van der Waals surface area contributed by atoms with Crippen LogP contribution in [0.4, 0.5) is 0 Å². The fraction of sp³-hybridized carbons (Fsp3) is 0.510. The van der Waals surface area contributed by atoms with E-state index in [-0.39, 0.29) is 78.1 Å². The summed E-state index contributed by atoms with van der Waals surface area (Å²) in [5, 5.41) is 0. The van der Waals surface area contributed by atoms with Gasteiger partial charge in [0, 0.05) is 51.4 Å². The van der Waals surface area contributed by atoms with Crippen LogP contribution in [0.2, 0.25) is 0 Å². The van der Waals surface area contributed by atoms with Crippen LogP contribution in [-0.4, -0.2) is 102 Å². The summed E-state index contributed by atoms with van der Waals surface area (Å²) in [6.45, 7) is 25.5. The maximum absolute atomic E-state index is 15.1. The van der Waals surface area contributed by atoms with E-state index in [0.717, 1.165) is 22.3 Å². The lowest BCUT2D eigenvalue weighted by molar-refractivity contribution is 0.314. The Morgan fingerprint density at radius 2 is 0.585 bits per heavy atom. The molecule has 16 heteroatoms. The van der Waals surface area contributed by atoms with Gasteiger partial charge in [-0.25, -0.2) is 33.7 Å². The fourth-order valence-corrected chi connectivity index (χ4v) is 18.2. The van der Waals surface area contributed by atoms with Crippen molar-refractivity contribution in [3.05, 3.63) is 115 Å². The molecule has 0 aromatic heterocycles. The van der Waals surface area contributed by atoms with Crippen LogP contribution in [0.5, 0.6) is 0 Å². The molecule has 0 amide bonds. The Kier molecular flexibility index (Phi) is 16.2. The van der Waals surface area contributed by atoms with Gasteiger partial charge in [0.05, 0.1) is 19.6 Å². The summed E-state index contributed by atoms with van der Waals surface area (Å²) in [6, 6.07) is 13.0. The van der Waals surface area contributed by atoms with Crippen molar-refractivity contribution in [1.29, 1.82) is 0 Å². The van der Waals surface area contributed by atoms with Crippen LogP contribution in [0.25, 0.3) is 0 Å². The van der Waals surface area contributed by atoms with Gasteiger partial charge in [0.25, 0.3) is 0 Å². The van der Waals surface area contributed by atoms with Crippen molar-refractivity contribution in [2.24, 2.45) is 0 Å². The SMILES string of the molecule is CCN(CCCN([C@@H]1C[C@@H]1N(CCCN(CC)S(=O)(=O)c1c(C)cc(C)cc1C)S(=O)(=O)c1c(C)cc(C)cc1C)S(=O)(=O)c1c(C)cc(C)cc1C)S(=O)(=O)c1c(C)cc(C)cc1C. The van der Waals surface area contributed by atoms with Gasteiger partial charge in [0.15, 0.2) is 0 Å². The molecule has 1 aliphatic carbocycles. The van der Waals surface area contributed by atoms with Crippen LogP contribution >= 0.6 is 0 Å². The minimum Gasteiger partial charge on any atom is -0.207 e. The smallest absolute Gasteiger partial charge is 0.207 e. The van der Waals surface area contributed by atoms with E-state index in [1.54, 1.807) is 69.2 Å². The number of hydrogen-bond donors (Lipinski definition) is 0. The molecule has 0 heterocycles. The molecule has 4 aromatic rings. The molecule has 0 bridgehead atoms.